The monoisotopic (exact) mass is 466 g/mol. The van der Waals surface area contributed by atoms with Crippen molar-refractivity contribution in [1.29, 1.82) is 0 Å². The van der Waals surface area contributed by atoms with E-state index in [0.29, 0.717) is 37.4 Å². The Morgan fingerprint density at radius 2 is 1.92 bits per heavy atom. The van der Waals surface area contributed by atoms with Gasteiger partial charge in [-0.3, -0.25) is 9.59 Å². The molecule has 0 atom stereocenters. The molecule has 0 spiro atoms. The number of amides is 1. The fourth-order valence-corrected chi connectivity index (χ4v) is 3.62. The topological polar surface area (TPSA) is 90.7 Å². The second kappa shape index (κ2) is 6.89. The van der Waals surface area contributed by atoms with E-state index in [0.717, 1.165) is 0 Å². The van der Waals surface area contributed by atoms with Crippen molar-refractivity contribution in [3.63, 3.8) is 0 Å². The van der Waals surface area contributed by atoms with Crippen LogP contribution in [0.4, 0.5) is 11.4 Å². The van der Waals surface area contributed by atoms with Crippen molar-refractivity contribution in [3.8, 4) is 11.5 Å². The summed E-state index contributed by atoms with van der Waals surface area (Å²) in [6, 6.07) is 8.43. The lowest BCUT2D eigenvalue weighted by Gasteiger charge is -2.20. The molecule has 0 radical (unpaired) electrons. The van der Waals surface area contributed by atoms with Crippen LogP contribution in [0, 0.1) is 0 Å². The first-order valence-corrected chi connectivity index (χ1v) is 8.70. The average Bonchev–Trinajstić information content (AvgIpc) is 2.52. The molecular formula is C17H12Br2N2O4. The van der Waals surface area contributed by atoms with Gasteiger partial charge in [-0.15, -0.1) is 0 Å². The molecular weight excluding hydrogens is 456 g/mol. The maximum Gasteiger partial charge on any atom is 0.308 e. The quantitative estimate of drug-likeness (QED) is 0.300. The minimum Gasteiger partial charge on any atom is -0.449 e. The number of hydrogen-bond donors (Lipinski definition) is 2. The molecule has 6 nitrogen and oxygen atoms in total. The first kappa shape index (κ1) is 17.5. The largest absolute Gasteiger partial charge is 0.449 e. The van der Waals surface area contributed by atoms with Crippen LogP contribution < -0.4 is 20.5 Å². The molecule has 0 unspecified atom stereocenters. The van der Waals surface area contributed by atoms with Gasteiger partial charge in [-0.05, 0) is 73.8 Å². The number of hydrogen-bond acceptors (Lipinski definition) is 5. The molecule has 25 heavy (non-hydrogen) atoms. The number of fused-ring (bicyclic) bond motifs is 1. The van der Waals surface area contributed by atoms with E-state index in [1.165, 1.54) is 6.92 Å². The number of esters is 1. The highest BCUT2D eigenvalue weighted by atomic mass is 79.9. The molecule has 3 N–H and O–H groups in total. The molecule has 0 bridgehead atoms. The van der Waals surface area contributed by atoms with Crippen LogP contribution in [-0.2, 0) is 9.59 Å². The van der Waals surface area contributed by atoms with E-state index in [1.807, 2.05) is 0 Å². The smallest absolute Gasteiger partial charge is 0.308 e. The molecule has 2 aromatic carbocycles. The van der Waals surface area contributed by atoms with Gasteiger partial charge in [-0.1, -0.05) is 0 Å². The van der Waals surface area contributed by atoms with Crippen molar-refractivity contribution in [3.05, 3.63) is 50.6 Å². The van der Waals surface area contributed by atoms with E-state index >= 15 is 0 Å². The molecule has 0 fully saturated rings. The Labute approximate surface area is 160 Å². The summed E-state index contributed by atoms with van der Waals surface area (Å²) in [5.74, 6) is 0.197. The Bertz CT molecular complexity index is 902. The van der Waals surface area contributed by atoms with Crippen molar-refractivity contribution < 1.29 is 19.1 Å². The minimum atomic E-state index is -0.432. The molecule has 1 aliphatic heterocycles. The first-order valence-electron chi connectivity index (χ1n) is 7.11. The summed E-state index contributed by atoms with van der Waals surface area (Å²) in [4.78, 5) is 23.4. The van der Waals surface area contributed by atoms with Gasteiger partial charge in [0.1, 0.15) is 0 Å². The molecule has 1 amide bonds. The maximum atomic E-state index is 12.2. The Hall–Kier alpha value is -2.32. The van der Waals surface area contributed by atoms with Crippen molar-refractivity contribution in [2.45, 2.75) is 6.92 Å². The third-order valence-corrected chi connectivity index (χ3v) is 4.44. The number of anilines is 2. The van der Waals surface area contributed by atoms with Crippen LogP contribution >= 0.6 is 31.9 Å². The van der Waals surface area contributed by atoms with Gasteiger partial charge in [-0.25, -0.2) is 0 Å². The molecule has 0 saturated heterocycles. The SMILES string of the molecule is CC(=O)Oc1c(Br)cc(/C=C2\Oc3ccc(N)cc3NC2=O)cc1Br. The normalized spacial score (nSPS) is 14.5. The van der Waals surface area contributed by atoms with E-state index < -0.39 is 5.97 Å². The second-order valence-corrected chi connectivity index (χ2v) is 6.94. The zero-order valence-electron chi connectivity index (χ0n) is 12.9. The third-order valence-electron chi connectivity index (χ3n) is 3.26. The lowest BCUT2D eigenvalue weighted by Crippen LogP contribution is -2.23. The van der Waals surface area contributed by atoms with Crippen molar-refractivity contribution in [1.82, 2.24) is 0 Å². The summed E-state index contributed by atoms with van der Waals surface area (Å²) >= 11 is 6.70. The summed E-state index contributed by atoms with van der Waals surface area (Å²) in [6.45, 7) is 1.32. The molecule has 1 heterocycles. The number of nitrogen functional groups attached to an aromatic ring is 1. The van der Waals surface area contributed by atoms with Gasteiger partial charge >= 0.3 is 5.97 Å². The minimum absolute atomic E-state index is 0.135. The van der Waals surface area contributed by atoms with Gasteiger partial charge in [0.25, 0.3) is 5.91 Å². The van der Waals surface area contributed by atoms with Crippen LogP contribution in [-0.4, -0.2) is 11.9 Å². The Kier molecular flexibility index (Phi) is 4.82. The summed E-state index contributed by atoms with van der Waals surface area (Å²) in [7, 11) is 0. The van der Waals surface area contributed by atoms with Crippen LogP contribution in [0.5, 0.6) is 11.5 Å². The molecule has 0 saturated carbocycles. The lowest BCUT2D eigenvalue weighted by atomic mass is 10.1. The summed E-state index contributed by atoms with van der Waals surface area (Å²) < 4.78 is 11.9. The molecule has 1 aliphatic rings. The number of rotatable bonds is 2. The highest BCUT2D eigenvalue weighted by Gasteiger charge is 2.22. The van der Waals surface area contributed by atoms with Crippen LogP contribution in [0.2, 0.25) is 0 Å². The summed E-state index contributed by atoms with van der Waals surface area (Å²) in [5.41, 5.74) is 7.43. The first-order chi connectivity index (χ1) is 11.8. The van der Waals surface area contributed by atoms with Crippen molar-refractivity contribution >= 4 is 61.2 Å². The van der Waals surface area contributed by atoms with E-state index in [1.54, 1.807) is 36.4 Å². The fourth-order valence-electron chi connectivity index (χ4n) is 2.23. The third kappa shape index (κ3) is 3.85. The van der Waals surface area contributed by atoms with Crippen LogP contribution in [0.25, 0.3) is 6.08 Å². The zero-order valence-corrected chi connectivity index (χ0v) is 16.1. The average molecular weight is 468 g/mol. The number of ether oxygens (including phenoxy) is 2. The number of benzene rings is 2. The number of halogens is 2. The van der Waals surface area contributed by atoms with Crippen molar-refractivity contribution in [2.75, 3.05) is 11.1 Å². The predicted molar refractivity (Wildman–Crippen MR) is 101 cm³/mol. The molecule has 2 aromatic rings. The van der Waals surface area contributed by atoms with Crippen LogP contribution in [0.3, 0.4) is 0 Å². The zero-order chi connectivity index (χ0) is 18.1. The van der Waals surface area contributed by atoms with E-state index in [9.17, 15) is 9.59 Å². The fraction of sp³-hybridized carbons (Fsp3) is 0.0588. The van der Waals surface area contributed by atoms with E-state index in [2.05, 4.69) is 37.2 Å². The summed E-state index contributed by atoms with van der Waals surface area (Å²) in [6.07, 6.45) is 1.59. The molecule has 128 valence electrons. The standard InChI is InChI=1S/C17H12Br2N2O4/c1-8(22)24-16-11(18)4-9(5-12(16)19)6-15-17(23)21-13-7-10(20)2-3-14(13)25-15/h2-7H,20H2,1H3,(H,21,23)/b15-6-. The summed E-state index contributed by atoms with van der Waals surface area (Å²) in [5, 5.41) is 2.73. The molecule has 8 heteroatoms. The van der Waals surface area contributed by atoms with E-state index in [-0.39, 0.29) is 11.7 Å². The molecule has 3 rings (SSSR count). The van der Waals surface area contributed by atoms with Gasteiger partial charge < -0.3 is 20.5 Å². The van der Waals surface area contributed by atoms with Gasteiger partial charge in [-0.2, -0.15) is 0 Å². The van der Waals surface area contributed by atoms with Gasteiger partial charge in [0, 0.05) is 12.6 Å². The second-order valence-electron chi connectivity index (χ2n) is 5.23. The number of carbonyl (C=O) groups is 2. The predicted octanol–water partition coefficient (Wildman–Crippen LogP) is 4.09. The van der Waals surface area contributed by atoms with E-state index in [4.69, 9.17) is 15.2 Å². The highest BCUT2D eigenvalue weighted by Crippen LogP contribution is 2.37. The van der Waals surface area contributed by atoms with Crippen molar-refractivity contribution in [2.24, 2.45) is 0 Å². The lowest BCUT2D eigenvalue weighted by molar-refractivity contribution is -0.132. The number of nitrogens with one attached hydrogen (secondary N) is 1. The number of carbonyl (C=O) groups excluding carboxylic acids is 2. The molecule has 0 aromatic heterocycles. The maximum absolute atomic E-state index is 12.2. The van der Waals surface area contributed by atoms with Gasteiger partial charge in [0.05, 0.1) is 14.6 Å². The number of nitrogens with two attached hydrogens (primary N) is 1. The van der Waals surface area contributed by atoms with Crippen LogP contribution in [0.1, 0.15) is 12.5 Å². The Morgan fingerprint density at radius 3 is 2.56 bits per heavy atom. The van der Waals surface area contributed by atoms with Gasteiger partial charge in [0.15, 0.2) is 17.3 Å². The highest BCUT2D eigenvalue weighted by molar-refractivity contribution is 9.11. The van der Waals surface area contributed by atoms with Gasteiger partial charge in [0.2, 0.25) is 0 Å². The van der Waals surface area contributed by atoms with Crippen LogP contribution in [0.15, 0.2) is 45.0 Å². The molecule has 0 aliphatic carbocycles. The Balaban J connectivity index is 1.94. The Morgan fingerprint density at radius 1 is 1.24 bits per heavy atom.